The Bertz CT molecular complexity index is 2030. The SMILES string of the molecule is FC(F)(F)c1ccc(COc2ccc(I)nn2)cn1.FC(F)(F)c1ccc(COc2ccc(NCc3ccc(Br)cc3)nn2)cn1.NCc1ccc(Br)cc1. The van der Waals surface area contributed by atoms with Crippen LogP contribution in [0.1, 0.15) is 33.6 Å². The first-order chi connectivity index (χ1) is 26.2. The molecule has 0 bridgehead atoms. The zero-order valence-electron chi connectivity index (χ0n) is 28.2. The predicted molar refractivity (Wildman–Crippen MR) is 207 cm³/mol. The maximum atomic E-state index is 12.5. The Morgan fingerprint density at radius 3 is 1.40 bits per heavy atom. The average molecular weight is 1010 g/mol. The van der Waals surface area contributed by atoms with Crippen molar-refractivity contribution in [2.24, 2.45) is 5.73 Å². The topological polar surface area (TPSA) is 134 Å². The first-order valence-electron chi connectivity index (χ1n) is 15.7. The minimum atomic E-state index is -4.45. The Hall–Kier alpha value is -4.47. The molecule has 3 N–H and O–H groups in total. The van der Waals surface area contributed by atoms with Crippen molar-refractivity contribution in [1.82, 2.24) is 30.4 Å². The van der Waals surface area contributed by atoms with E-state index >= 15 is 0 Å². The molecule has 0 fully saturated rings. The number of benzene rings is 2. The molecule has 6 aromatic rings. The van der Waals surface area contributed by atoms with Crippen molar-refractivity contribution in [2.75, 3.05) is 5.32 Å². The number of nitrogens with one attached hydrogen (secondary N) is 1. The largest absolute Gasteiger partial charge is 0.472 e. The summed E-state index contributed by atoms with van der Waals surface area (Å²) in [4.78, 5) is 6.72. The molecular formula is C36H29Br2F6IN8O2. The minimum Gasteiger partial charge on any atom is -0.472 e. The van der Waals surface area contributed by atoms with Gasteiger partial charge in [-0.1, -0.05) is 68.3 Å². The second kappa shape index (κ2) is 21.0. The fourth-order valence-corrected chi connectivity index (χ4v) is 4.77. The molecule has 0 saturated carbocycles. The molecule has 0 saturated heterocycles. The molecule has 0 aliphatic carbocycles. The van der Waals surface area contributed by atoms with E-state index in [9.17, 15) is 26.3 Å². The number of halogens is 9. The normalized spacial score (nSPS) is 11.0. The summed E-state index contributed by atoms with van der Waals surface area (Å²) >= 11 is 8.72. The van der Waals surface area contributed by atoms with Crippen molar-refractivity contribution < 1.29 is 35.8 Å². The molecule has 0 atom stereocenters. The van der Waals surface area contributed by atoms with Gasteiger partial charge in [-0.2, -0.15) is 26.3 Å². The van der Waals surface area contributed by atoms with Gasteiger partial charge in [0.25, 0.3) is 0 Å². The number of pyridine rings is 2. The second-order valence-electron chi connectivity index (χ2n) is 10.9. The van der Waals surface area contributed by atoms with Crippen molar-refractivity contribution in [3.05, 3.63) is 156 Å². The van der Waals surface area contributed by atoms with Crippen molar-refractivity contribution >= 4 is 60.3 Å². The van der Waals surface area contributed by atoms with Crippen LogP contribution in [0, 0.1) is 3.70 Å². The van der Waals surface area contributed by atoms with Crippen LogP contribution in [0.25, 0.3) is 0 Å². The van der Waals surface area contributed by atoms with E-state index in [1.807, 2.05) is 71.1 Å². The standard InChI is InChI=1S/C18H14BrF3N4O.C11H7F3IN3O.C7H8BrN/c19-14-4-1-12(2-5-14)9-24-16-7-8-17(26-25-16)27-11-13-3-6-15(23-10-13)18(20,21)22;12-11(13,14)8-2-1-7(5-16-8)6-19-10-4-3-9(15)17-18-10;8-7-3-1-6(5-9)2-4-7/h1-8,10H,9,11H2,(H,24,25);1-5H,6H2;1-4H,5,9H2. The number of hydrogen-bond donors (Lipinski definition) is 2. The highest BCUT2D eigenvalue weighted by molar-refractivity contribution is 14.1. The van der Waals surface area contributed by atoms with Crippen LogP contribution in [0.3, 0.4) is 0 Å². The van der Waals surface area contributed by atoms with Crippen LogP contribution in [0.2, 0.25) is 0 Å². The summed E-state index contributed by atoms with van der Waals surface area (Å²) in [6, 6.07) is 27.0. The van der Waals surface area contributed by atoms with Gasteiger partial charge in [0.1, 0.15) is 34.1 Å². The third-order valence-electron chi connectivity index (χ3n) is 6.79. The van der Waals surface area contributed by atoms with Crippen LogP contribution < -0.4 is 20.5 Å². The number of rotatable bonds is 10. The smallest absolute Gasteiger partial charge is 0.433 e. The third-order valence-corrected chi connectivity index (χ3v) is 8.42. The Kier molecular flexibility index (Phi) is 16.5. The summed E-state index contributed by atoms with van der Waals surface area (Å²) in [6.07, 6.45) is -6.63. The first-order valence-corrected chi connectivity index (χ1v) is 18.4. The lowest BCUT2D eigenvalue weighted by molar-refractivity contribution is -0.142. The van der Waals surface area contributed by atoms with Crippen LogP contribution in [-0.4, -0.2) is 30.4 Å². The van der Waals surface area contributed by atoms with E-state index in [2.05, 4.69) is 67.5 Å². The van der Waals surface area contributed by atoms with Gasteiger partial charge in [0, 0.05) is 57.7 Å². The lowest BCUT2D eigenvalue weighted by Gasteiger charge is -2.08. The van der Waals surface area contributed by atoms with Crippen molar-refractivity contribution in [3.8, 4) is 11.8 Å². The number of aromatic nitrogens is 6. The molecule has 10 nitrogen and oxygen atoms in total. The molecule has 4 aromatic heterocycles. The number of alkyl halides is 6. The molecule has 0 spiro atoms. The van der Waals surface area contributed by atoms with Gasteiger partial charge in [-0.25, -0.2) is 0 Å². The van der Waals surface area contributed by atoms with Crippen LogP contribution in [0.4, 0.5) is 32.2 Å². The van der Waals surface area contributed by atoms with Gasteiger partial charge in [-0.15, -0.1) is 20.4 Å². The minimum absolute atomic E-state index is 0.0471. The molecule has 0 aliphatic heterocycles. The van der Waals surface area contributed by atoms with Crippen LogP contribution >= 0.6 is 54.5 Å². The monoisotopic (exact) mass is 1000 g/mol. The number of nitrogens with zero attached hydrogens (tertiary/aromatic N) is 6. The van der Waals surface area contributed by atoms with Crippen molar-refractivity contribution in [3.63, 3.8) is 0 Å². The number of anilines is 1. The molecule has 288 valence electrons. The van der Waals surface area contributed by atoms with E-state index in [0.717, 1.165) is 42.7 Å². The molecule has 6 rings (SSSR count). The van der Waals surface area contributed by atoms with Gasteiger partial charge >= 0.3 is 12.4 Å². The average Bonchev–Trinajstić information content (AvgIpc) is 3.17. The molecule has 55 heavy (non-hydrogen) atoms. The Balaban J connectivity index is 0.000000207. The molecule has 4 heterocycles. The second-order valence-corrected chi connectivity index (χ2v) is 13.9. The number of nitrogens with two attached hydrogens (primary N) is 1. The fourth-order valence-electron chi connectivity index (χ4n) is 3.96. The lowest BCUT2D eigenvalue weighted by Crippen LogP contribution is -2.08. The van der Waals surface area contributed by atoms with Crippen LogP contribution in [0.5, 0.6) is 11.8 Å². The quantitative estimate of drug-likeness (QED) is 0.101. The van der Waals surface area contributed by atoms with E-state index in [4.69, 9.17) is 15.2 Å². The predicted octanol–water partition coefficient (Wildman–Crippen LogP) is 9.83. The van der Waals surface area contributed by atoms with Gasteiger partial charge in [-0.3, -0.25) is 9.97 Å². The Morgan fingerprint density at radius 1 is 0.564 bits per heavy atom. The highest BCUT2D eigenvalue weighted by atomic mass is 127. The number of hydrogen-bond acceptors (Lipinski definition) is 10. The molecule has 19 heteroatoms. The number of ether oxygens (including phenoxy) is 2. The van der Waals surface area contributed by atoms with Crippen molar-refractivity contribution in [2.45, 2.75) is 38.7 Å². The van der Waals surface area contributed by atoms with Gasteiger partial charge in [0.05, 0.1) is 0 Å². The summed E-state index contributed by atoms with van der Waals surface area (Å²) in [5.41, 5.74) is 6.80. The summed E-state index contributed by atoms with van der Waals surface area (Å²) < 4.78 is 87.8. The summed E-state index contributed by atoms with van der Waals surface area (Å²) in [6.45, 7) is 1.35. The summed E-state index contributed by atoms with van der Waals surface area (Å²) in [7, 11) is 0. The molecule has 0 amide bonds. The molecule has 2 aromatic carbocycles. The van der Waals surface area contributed by atoms with E-state index in [-0.39, 0.29) is 19.1 Å². The van der Waals surface area contributed by atoms with E-state index < -0.39 is 23.7 Å². The summed E-state index contributed by atoms with van der Waals surface area (Å²) in [5.74, 6) is 1.16. The maximum Gasteiger partial charge on any atom is 0.433 e. The van der Waals surface area contributed by atoms with Gasteiger partial charge in [-0.05, 0) is 82.2 Å². The highest BCUT2D eigenvalue weighted by Crippen LogP contribution is 2.28. The van der Waals surface area contributed by atoms with Crippen LogP contribution in [-0.2, 0) is 38.7 Å². The molecule has 0 unspecified atom stereocenters. The van der Waals surface area contributed by atoms with Crippen LogP contribution in [0.15, 0.2) is 118 Å². The maximum absolute atomic E-state index is 12.5. The van der Waals surface area contributed by atoms with E-state index in [0.29, 0.717) is 35.9 Å². The van der Waals surface area contributed by atoms with E-state index in [1.54, 1.807) is 24.3 Å². The first kappa shape index (κ1) is 43.3. The Morgan fingerprint density at radius 2 is 1.02 bits per heavy atom. The molecular weight excluding hydrogens is 977 g/mol. The fraction of sp³-hybridized carbons (Fsp3) is 0.167. The van der Waals surface area contributed by atoms with Gasteiger partial charge < -0.3 is 20.5 Å². The zero-order valence-corrected chi connectivity index (χ0v) is 33.5. The highest BCUT2D eigenvalue weighted by Gasteiger charge is 2.32. The lowest BCUT2D eigenvalue weighted by atomic mass is 10.2. The molecule has 0 radical (unpaired) electrons. The van der Waals surface area contributed by atoms with Gasteiger partial charge in [0.15, 0.2) is 0 Å². The molecule has 0 aliphatic rings. The Labute approximate surface area is 341 Å². The zero-order chi connectivity index (χ0) is 39.8. The van der Waals surface area contributed by atoms with Gasteiger partial charge in [0.2, 0.25) is 11.8 Å². The van der Waals surface area contributed by atoms with E-state index in [1.165, 1.54) is 17.7 Å². The third kappa shape index (κ3) is 15.7. The summed E-state index contributed by atoms with van der Waals surface area (Å²) in [5, 5.41) is 18.6. The van der Waals surface area contributed by atoms with Crippen molar-refractivity contribution in [1.29, 1.82) is 0 Å².